The molecule has 0 heterocycles. The molecule has 0 aromatic heterocycles. The van der Waals surface area contributed by atoms with Gasteiger partial charge in [0.15, 0.2) is 0 Å². The van der Waals surface area contributed by atoms with E-state index in [0.717, 1.165) is 6.07 Å². The SMILES string of the molecule is CC(N)(C(=O)O)c1c(N)cccc1F. The lowest BCUT2D eigenvalue weighted by molar-refractivity contribution is -0.143. The first-order valence-electron chi connectivity index (χ1n) is 3.94. The molecule has 1 unspecified atom stereocenters. The molecular formula is C9H11FN2O2. The highest BCUT2D eigenvalue weighted by molar-refractivity contribution is 5.82. The van der Waals surface area contributed by atoms with Gasteiger partial charge in [-0.2, -0.15) is 0 Å². The third-order valence-corrected chi connectivity index (χ3v) is 2.01. The van der Waals surface area contributed by atoms with Crippen LogP contribution in [-0.4, -0.2) is 11.1 Å². The highest BCUT2D eigenvalue weighted by Gasteiger charge is 2.34. The molecule has 0 radical (unpaired) electrons. The van der Waals surface area contributed by atoms with Gasteiger partial charge in [-0.25, -0.2) is 9.18 Å². The van der Waals surface area contributed by atoms with Crippen LogP contribution < -0.4 is 11.5 Å². The van der Waals surface area contributed by atoms with Gasteiger partial charge < -0.3 is 16.6 Å². The predicted molar refractivity (Wildman–Crippen MR) is 50.0 cm³/mol. The summed E-state index contributed by atoms with van der Waals surface area (Å²) in [6.45, 7) is 1.20. The summed E-state index contributed by atoms with van der Waals surface area (Å²) in [5.41, 5.74) is 8.97. The maximum Gasteiger partial charge on any atom is 0.328 e. The number of hydrogen-bond donors (Lipinski definition) is 3. The smallest absolute Gasteiger partial charge is 0.328 e. The number of nitrogens with two attached hydrogens (primary N) is 2. The van der Waals surface area contributed by atoms with Crippen LogP contribution in [0.4, 0.5) is 10.1 Å². The van der Waals surface area contributed by atoms with Crippen molar-refractivity contribution in [3.63, 3.8) is 0 Å². The first-order valence-corrected chi connectivity index (χ1v) is 3.94. The maximum atomic E-state index is 13.3. The van der Waals surface area contributed by atoms with Gasteiger partial charge in [0.05, 0.1) is 0 Å². The van der Waals surface area contributed by atoms with Crippen molar-refractivity contribution in [3.8, 4) is 0 Å². The van der Waals surface area contributed by atoms with E-state index in [4.69, 9.17) is 16.6 Å². The fourth-order valence-electron chi connectivity index (χ4n) is 1.20. The zero-order valence-electron chi connectivity index (χ0n) is 7.62. The van der Waals surface area contributed by atoms with Crippen molar-refractivity contribution in [2.45, 2.75) is 12.5 Å². The number of aliphatic carboxylic acids is 1. The van der Waals surface area contributed by atoms with Crippen molar-refractivity contribution in [3.05, 3.63) is 29.6 Å². The van der Waals surface area contributed by atoms with Crippen LogP contribution in [0.3, 0.4) is 0 Å². The Kier molecular flexibility index (Phi) is 2.44. The van der Waals surface area contributed by atoms with E-state index in [1.807, 2.05) is 0 Å². The Morgan fingerprint density at radius 3 is 2.57 bits per heavy atom. The second kappa shape index (κ2) is 3.26. The summed E-state index contributed by atoms with van der Waals surface area (Å²) < 4.78 is 13.3. The summed E-state index contributed by atoms with van der Waals surface area (Å²) in [5, 5.41) is 8.80. The fraction of sp³-hybridized carbons (Fsp3) is 0.222. The van der Waals surface area contributed by atoms with Gasteiger partial charge in [0.25, 0.3) is 0 Å². The molecule has 5 heteroatoms. The number of carboxylic acid groups (broad SMARTS) is 1. The summed E-state index contributed by atoms with van der Waals surface area (Å²) in [6, 6.07) is 3.93. The topological polar surface area (TPSA) is 89.3 Å². The quantitative estimate of drug-likeness (QED) is 0.609. The Hall–Kier alpha value is -1.62. The molecule has 1 aromatic rings. The molecule has 14 heavy (non-hydrogen) atoms. The standard InChI is InChI=1S/C9H11FN2O2/c1-9(12,8(13)14)7-5(10)3-2-4-6(7)11/h2-4H,11-12H2,1H3,(H,13,14). The molecule has 1 aromatic carbocycles. The molecule has 76 valence electrons. The molecule has 1 atom stereocenters. The number of benzene rings is 1. The van der Waals surface area contributed by atoms with Crippen LogP contribution in [0, 0.1) is 5.82 Å². The lowest BCUT2D eigenvalue weighted by Crippen LogP contribution is -2.43. The summed E-state index contributed by atoms with van der Waals surface area (Å²) in [4.78, 5) is 10.8. The molecule has 0 aliphatic rings. The normalized spacial score (nSPS) is 14.8. The fourth-order valence-corrected chi connectivity index (χ4v) is 1.20. The predicted octanol–water partition coefficient (Wildman–Crippen LogP) is 0.666. The number of hydrogen-bond acceptors (Lipinski definition) is 3. The van der Waals surface area contributed by atoms with E-state index < -0.39 is 17.3 Å². The monoisotopic (exact) mass is 198 g/mol. The molecule has 0 amide bonds. The molecule has 0 aliphatic heterocycles. The van der Waals surface area contributed by atoms with Crippen LogP contribution >= 0.6 is 0 Å². The highest BCUT2D eigenvalue weighted by Crippen LogP contribution is 2.26. The van der Waals surface area contributed by atoms with Gasteiger partial charge >= 0.3 is 5.97 Å². The Morgan fingerprint density at radius 1 is 1.57 bits per heavy atom. The van der Waals surface area contributed by atoms with Crippen LogP contribution in [0.25, 0.3) is 0 Å². The van der Waals surface area contributed by atoms with Crippen molar-refractivity contribution in [1.29, 1.82) is 0 Å². The van der Waals surface area contributed by atoms with E-state index in [9.17, 15) is 9.18 Å². The minimum Gasteiger partial charge on any atom is -0.480 e. The average molecular weight is 198 g/mol. The van der Waals surface area contributed by atoms with E-state index in [1.165, 1.54) is 19.1 Å². The summed E-state index contributed by atoms with van der Waals surface area (Å²) in [7, 11) is 0. The number of rotatable bonds is 2. The van der Waals surface area contributed by atoms with Gasteiger partial charge in [-0.1, -0.05) is 6.07 Å². The van der Waals surface area contributed by atoms with E-state index >= 15 is 0 Å². The maximum absolute atomic E-state index is 13.3. The average Bonchev–Trinajstić information content (AvgIpc) is 2.02. The molecule has 5 N–H and O–H groups in total. The van der Waals surface area contributed by atoms with Crippen LogP contribution in [-0.2, 0) is 10.3 Å². The zero-order chi connectivity index (χ0) is 10.9. The molecular weight excluding hydrogens is 187 g/mol. The number of anilines is 1. The third-order valence-electron chi connectivity index (χ3n) is 2.01. The molecule has 1 rings (SSSR count). The van der Waals surface area contributed by atoms with E-state index in [2.05, 4.69) is 0 Å². The van der Waals surface area contributed by atoms with Gasteiger partial charge in [0.2, 0.25) is 0 Å². The highest BCUT2D eigenvalue weighted by atomic mass is 19.1. The lowest BCUT2D eigenvalue weighted by atomic mass is 9.91. The third kappa shape index (κ3) is 1.54. The second-order valence-corrected chi connectivity index (χ2v) is 3.21. The minimum atomic E-state index is -1.81. The first-order chi connectivity index (χ1) is 6.37. The summed E-state index contributed by atoms with van der Waals surface area (Å²) in [5.74, 6) is -2.04. The minimum absolute atomic E-state index is 0.0393. The molecule has 0 spiro atoms. The van der Waals surface area contributed by atoms with Crippen molar-refractivity contribution < 1.29 is 14.3 Å². The number of carbonyl (C=O) groups is 1. The molecule has 0 saturated carbocycles. The first kappa shape index (κ1) is 10.5. The largest absolute Gasteiger partial charge is 0.480 e. The van der Waals surface area contributed by atoms with Gasteiger partial charge in [-0.3, -0.25) is 0 Å². The van der Waals surface area contributed by atoms with Crippen molar-refractivity contribution >= 4 is 11.7 Å². The Bertz CT molecular complexity index is 357. The van der Waals surface area contributed by atoms with Crippen LogP contribution in [0.5, 0.6) is 0 Å². The second-order valence-electron chi connectivity index (χ2n) is 3.21. The summed E-state index contributed by atoms with van der Waals surface area (Å²) >= 11 is 0. The van der Waals surface area contributed by atoms with Crippen LogP contribution in [0.1, 0.15) is 12.5 Å². The summed E-state index contributed by atoms with van der Waals surface area (Å²) in [6.07, 6.45) is 0. The lowest BCUT2D eigenvalue weighted by Gasteiger charge is -2.21. The van der Waals surface area contributed by atoms with Crippen molar-refractivity contribution in [2.24, 2.45) is 5.73 Å². The van der Waals surface area contributed by atoms with Crippen molar-refractivity contribution in [2.75, 3.05) is 5.73 Å². The number of carboxylic acids is 1. The van der Waals surface area contributed by atoms with E-state index in [0.29, 0.717) is 0 Å². The Morgan fingerprint density at radius 2 is 2.14 bits per heavy atom. The van der Waals surface area contributed by atoms with Gasteiger partial charge in [0, 0.05) is 11.3 Å². The Balaban J connectivity index is 3.38. The van der Waals surface area contributed by atoms with Gasteiger partial charge in [-0.15, -0.1) is 0 Å². The van der Waals surface area contributed by atoms with E-state index in [1.54, 1.807) is 0 Å². The van der Waals surface area contributed by atoms with Crippen LogP contribution in [0.2, 0.25) is 0 Å². The molecule has 0 bridgehead atoms. The molecule has 0 aliphatic carbocycles. The van der Waals surface area contributed by atoms with Gasteiger partial charge in [0.1, 0.15) is 11.4 Å². The van der Waals surface area contributed by atoms with E-state index in [-0.39, 0.29) is 11.3 Å². The van der Waals surface area contributed by atoms with Crippen LogP contribution in [0.15, 0.2) is 18.2 Å². The zero-order valence-corrected chi connectivity index (χ0v) is 7.62. The Labute approximate surface area is 80.3 Å². The van der Waals surface area contributed by atoms with Gasteiger partial charge in [-0.05, 0) is 19.1 Å². The van der Waals surface area contributed by atoms with Crippen molar-refractivity contribution in [1.82, 2.24) is 0 Å². The molecule has 4 nitrogen and oxygen atoms in total. The number of nitrogen functional groups attached to an aromatic ring is 1. The molecule has 0 saturated heterocycles. The number of halogens is 1. The molecule has 0 fully saturated rings.